The molecule has 1 aliphatic carbocycles. The van der Waals surface area contributed by atoms with Gasteiger partial charge in [0.15, 0.2) is 0 Å². The van der Waals surface area contributed by atoms with E-state index in [4.69, 9.17) is 0 Å². The van der Waals surface area contributed by atoms with Gasteiger partial charge in [-0.05, 0) is 30.9 Å². The van der Waals surface area contributed by atoms with Crippen LogP contribution in [0.3, 0.4) is 0 Å². The Hall–Kier alpha value is -1.53. The smallest absolute Gasteiger partial charge is 0.305 e. The monoisotopic (exact) mass is 268 g/mol. The fourth-order valence-electron chi connectivity index (χ4n) is 2.07. The molecule has 0 amide bonds. The maximum atomic E-state index is 13.2. The number of aliphatic hydroxyl groups is 1. The topological polar surface area (TPSA) is 75.4 Å². The van der Waals surface area contributed by atoms with E-state index in [2.05, 4.69) is 5.32 Å². The van der Waals surface area contributed by atoms with E-state index in [0.717, 1.165) is 25.0 Å². The predicted molar refractivity (Wildman–Crippen MR) is 68.3 cm³/mol. The van der Waals surface area contributed by atoms with Crippen molar-refractivity contribution in [2.24, 2.45) is 0 Å². The van der Waals surface area contributed by atoms with Gasteiger partial charge < -0.3 is 10.4 Å². The molecule has 19 heavy (non-hydrogen) atoms. The normalized spacial score (nSPS) is 18.1. The van der Waals surface area contributed by atoms with Crippen molar-refractivity contribution in [3.8, 4) is 0 Å². The molecule has 2 unspecified atom stereocenters. The van der Waals surface area contributed by atoms with Crippen LogP contribution in [0.5, 0.6) is 0 Å². The Bertz CT molecular complexity index is 477. The van der Waals surface area contributed by atoms with Gasteiger partial charge in [-0.25, -0.2) is 0 Å². The summed E-state index contributed by atoms with van der Waals surface area (Å²) in [5, 5.41) is 24.2. The van der Waals surface area contributed by atoms with E-state index < -0.39 is 22.5 Å². The van der Waals surface area contributed by atoms with Crippen LogP contribution in [0.2, 0.25) is 0 Å². The van der Waals surface area contributed by atoms with Gasteiger partial charge in [0.2, 0.25) is 5.82 Å². The molecule has 6 heteroatoms. The average molecular weight is 268 g/mol. The molecule has 5 nitrogen and oxygen atoms in total. The van der Waals surface area contributed by atoms with Gasteiger partial charge in [-0.2, -0.15) is 4.39 Å². The van der Waals surface area contributed by atoms with Crippen molar-refractivity contribution in [3.63, 3.8) is 0 Å². The average Bonchev–Trinajstić information content (AvgIpc) is 3.19. The summed E-state index contributed by atoms with van der Waals surface area (Å²) in [5.41, 5.74) is -0.231. The summed E-state index contributed by atoms with van der Waals surface area (Å²) in [6.07, 6.45) is 2.01. The zero-order valence-electron chi connectivity index (χ0n) is 10.7. The highest BCUT2D eigenvalue weighted by molar-refractivity contribution is 5.37. The number of benzene rings is 1. The molecule has 0 bridgehead atoms. The van der Waals surface area contributed by atoms with Crippen LogP contribution in [0.15, 0.2) is 18.2 Å². The Balaban J connectivity index is 2.18. The molecule has 2 N–H and O–H groups in total. The van der Waals surface area contributed by atoms with Crippen LogP contribution in [0.4, 0.5) is 10.1 Å². The van der Waals surface area contributed by atoms with E-state index in [1.54, 1.807) is 0 Å². The van der Waals surface area contributed by atoms with Gasteiger partial charge in [0.1, 0.15) is 0 Å². The van der Waals surface area contributed by atoms with E-state index in [1.165, 1.54) is 6.07 Å². The van der Waals surface area contributed by atoms with E-state index in [9.17, 15) is 19.6 Å². The Morgan fingerprint density at radius 3 is 2.79 bits per heavy atom. The number of rotatable bonds is 6. The zero-order valence-corrected chi connectivity index (χ0v) is 10.7. The molecule has 0 aromatic heterocycles. The Morgan fingerprint density at radius 1 is 1.58 bits per heavy atom. The first kappa shape index (κ1) is 13.9. The third-order valence-electron chi connectivity index (χ3n) is 3.36. The van der Waals surface area contributed by atoms with Crippen LogP contribution >= 0.6 is 0 Å². The minimum atomic E-state index is -0.885. The molecule has 1 aromatic carbocycles. The Labute approximate surface area is 110 Å². The highest BCUT2D eigenvalue weighted by Crippen LogP contribution is 2.28. The summed E-state index contributed by atoms with van der Waals surface area (Å²) in [4.78, 5) is 9.92. The number of hydrogen-bond donors (Lipinski definition) is 2. The fourth-order valence-corrected chi connectivity index (χ4v) is 2.07. The van der Waals surface area contributed by atoms with Crippen molar-refractivity contribution in [2.45, 2.75) is 44.4 Å². The lowest BCUT2D eigenvalue weighted by molar-refractivity contribution is -0.387. The van der Waals surface area contributed by atoms with E-state index in [-0.39, 0.29) is 6.04 Å². The van der Waals surface area contributed by atoms with Crippen LogP contribution in [0.1, 0.15) is 37.9 Å². The summed E-state index contributed by atoms with van der Waals surface area (Å²) in [6, 6.07) is 3.79. The molecule has 1 saturated carbocycles. The van der Waals surface area contributed by atoms with Gasteiger partial charge in [0.05, 0.1) is 11.0 Å². The minimum Gasteiger partial charge on any atom is -0.387 e. The Morgan fingerprint density at radius 2 is 2.26 bits per heavy atom. The summed E-state index contributed by atoms with van der Waals surface area (Å²) < 4.78 is 13.2. The van der Waals surface area contributed by atoms with Crippen molar-refractivity contribution in [3.05, 3.63) is 39.7 Å². The number of hydrogen-bond acceptors (Lipinski definition) is 4. The standard InChI is InChI=1S/C13H17FN2O3/c1-2-11(15-9-4-5-9)13(17)8-3-6-10(14)12(7-8)16(18)19/h3,6-7,9,11,13,15,17H,2,4-5H2,1H3. The fraction of sp³-hybridized carbons (Fsp3) is 0.538. The van der Waals surface area contributed by atoms with Gasteiger partial charge in [-0.1, -0.05) is 13.0 Å². The molecule has 0 aliphatic heterocycles. The minimum absolute atomic E-state index is 0.169. The quantitative estimate of drug-likeness (QED) is 0.613. The number of nitro groups is 1. The zero-order chi connectivity index (χ0) is 14.0. The van der Waals surface area contributed by atoms with E-state index in [0.29, 0.717) is 18.0 Å². The SMILES string of the molecule is CCC(NC1CC1)C(O)c1ccc(F)c([N+](=O)[O-])c1. The van der Waals surface area contributed by atoms with Crippen molar-refractivity contribution in [1.29, 1.82) is 0 Å². The van der Waals surface area contributed by atoms with E-state index >= 15 is 0 Å². The first-order valence-electron chi connectivity index (χ1n) is 6.41. The number of aliphatic hydroxyl groups excluding tert-OH is 1. The molecular formula is C13H17FN2O3. The van der Waals surface area contributed by atoms with Crippen LogP contribution < -0.4 is 5.32 Å². The summed E-state index contributed by atoms with van der Waals surface area (Å²) in [6.45, 7) is 1.93. The lowest BCUT2D eigenvalue weighted by atomic mass is 9.99. The summed E-state index contributed by atoms with van der Waals surface area (Å²) in [5.74, 6) is -0.885. The molecule has 1 aromatic rings. The summed E-state index contributed by atoms with van der Waals surface area (Å²) in [7, 11) is 0. The van der Waals surface area contributed by atoms with Crippen LogP contribution in [0, 0.1) is 15.9 Å². The van der Waals surface area contributed by atoms with Crippen molar-refractivity contribution in [1.82, 2.24) is 5.32 Å². The van der Waals surface area contributed by atoms with Gasteiger partial charge in [-0.15, -0.1) is 0 Å². The first-order chi connectivity index (χ1) is 9.02. The second-order valence-electron chi connectivity index (χ2n) is 4.87. The van der Waals surface area contributed by atoms with Gasteiger partial charge >= 0.3 is 5.69 Å². The highest BCUT2D eigenvalue weighted by atomic mass is 19.1. The Kier molecular flexibility index (Phi) is 4.11. The van der Waals surface area contributed by atoms with Crippen LogP contribution in [-0.2, 0) is 0 Å². The van der Waals surface area contributed by atoms with Crippen LogP contribution in [0.25, 0.3) is 0 Å². The molecule has 1 aliphatic rings. The van der Waals surface area contributed by atoms with Gasteiger partial charge in [0.25, 0.3) is 0 Å². The summed E-state index contributed by atoms with van der Waals surface area (Å²) >= 11 is 0. The first-order valence-corrected chi connectivity index (χ1v) is 6.41. The van der Waals surface area contributed by atoms with Crippen molar-refractivity contribution in [2.75, 3.05) is 0 Å². The molecule has 2 atom stereocenters. The molecular weight excluding hydrogens is 251 g/mol. The second-order valence-corrected chi connectivity index (χ2v) is 4.87. The lowest BCUT2D eigenvalue weighted by Gasteiger charge is -2.23. The largest absolute Gasteiger partial charge is 0.387 e. The highest BCUT2D eigenvalue weighted by Gasteiger charge is 2.29. The molecule has 0 spiro atoms. The number of halogens is 1. The second kappa shape index (κ2) is 5.63. The van der Waals surface area contributed by atoms with Crippen molar-refractivity contribution < 1.29 is 14.4 Å². The maximum Gasteiger partial charge on any atom is 0.305 e. The number of nitrogens with zero attached hydrogens (tertiary/aromatic N) is 1. The lowest BCUT2D eigenvalue weighted by Crippen LogP contribution is -2.35. The number of nitro benzene ring substituents is 1. The van der Waals surface area contributed by atoms with Crippen molar-refractivity contribution >= 4 is 5.69 Å². The van der Waals surface area contributed by atoms with Gasteiger partial charge in [-0.3, -0.25) is 10.1 Å². The molecule has 2 rings (SSSR count). The van der Waals surface area contributed by atoms with Crippen LogP contribution in [-0.4, -0.2) is 22.1 Å². The molecule has 0 heterocycles. The third kappa shape index (κ3) is 3.27. The number of nitrogens with one attached hydrogen (secondary N) is 1. The maximum absolute atomic E-state index is 13.2. The third-order valence-corrected chi connectivity index (χ3v) is 3.36. The molecule has 0 saturated heterocycles. The molecule has 0 radical (unpaired) electrons. The molecule has 1 fully saturated rings. The molecule has 104 valence electrons. The van der Waals surface area contributed by atoms with Gasteiger partial charge in [0, 0.05) is 18.2 Å². The predicted octanol–water partition coefficient (Wildman–Crippen LogP) is 2.30. The van der Waals surface area contributed by atoms with E-state index in [1.807, 2.05) is 6.92 Å².